The summed E-state index contributed by atoms with van der Waals surface area (Å²) in [5.41, 5.74) is -0.565. The summed E-state index contributed by atoms with van der Waals surface area (Å²) in [5, 5.41) is 11.9. The van der Waals surface area contributed by atoms with Crippen molar-refractivity contribution in [2.24, 2.45) is 0 Å². The van der Waals surface area contributed by atoms with Gasteiger partial charge in [-0.2, -0.15) is 13.2 Å². The molecule has 8 nitrogen and oxygen atoms in total. The molecule has 0 radical (unpaired) electrons. The van der Waals surface area contributed by atoms with Crippen molar-refractivity contribution in [3.8, 4) is 0 Å². The number of aliphatic hydroxyl groups is 1. The van der Waals surface area contributed by atoms with Crippen LogP contribution in [0.25, 0.3) is 0 Å². The van der Waals surface area contributed by atoms with E-state index < -0.39 is 23.6 Å². The van der Waals surface area contributed by atoms with Gasteiger partial charge in [-0.05, 0) is 45.3 Å². The summed E-state index contributed by atoms with van der Waals surface area (Å²) in [6.45, 7) is 0.897. The van der Waals surface area contributed by atoms with Crippen molar-refractivity contribution < 1.29 is 32.6 Å². The van der Waals surface area contributed by atoms with Gasteiger partial charge in [0.1, 0.15) is 5.70 Å². The van der Waals surface area contributed by atoms with Gasteiger partial charge >= 0.3 is 12.1 Å². The summed E-state index contributed by atoms with van der Waals surface area (Å²) in [4.78, 5) is 30.0. The van der Waals surface area contributed by atoms with E-state index in [4.69, 9.17) is 4.74 Å². The third kappa shape index (κ3) is 6.13. The molecule has 1 aliphatic rings. The lowest BCUT2D eigenvalue weighted by Gasteiger charge is -2.25. The summed E-state index contributed by atoms with van der Waals surface area (Å²) >= 11 is 0. The zero-order chi connectivity index (χ0) is 24.1. The minimum absolute atomic E-state index is 0.00966. The highest BCUT2D eigenvalue weighted by atomic mass is 19.4. The number of ether oxygens (including phenoxy) is 1. The number of amides is 1. The number of methoxy groups -OCH3 is 1. The molecule has 0 fully saturated rings. The number of hydrogen-bond donors (Lipinski definition) is 2. The number of anilines is 2. The quantitative estimate of drug-likeness (QED) is 0.517. The molecule has 0 unspecified atom stereocenters. The molecule has 1 aliphatic heterocycles. The number of carbonyl (C=O) groups excluding carboxylic acids is 2. The molecule has 178 valence electrons. The number of rotatable bonds is 10. The molecule has 0 saturated carbocycles. The van der Waals surface area contributed by atoms with Crippen LogP contribution in [0.3, 0.4) is 0 Å². The number of hydrogen-bond acceptors (Lipinski definition) is 7. The van der Waals surface area contributed by atoms with E-state index in [1.807, 2.05) is 19.0 Å². The standard InChI is InChI=1S/C21H29F3N4O4/c1-26(2)8-5-9-27(3)17-7-6-14(21(22,23)24)12-16(17)25-18-15(20(31)32-4)13-28(10-11-29)19(18)30/h6-7,12,25,29H,5,8-11,13H2,1-4H3. The second-order valence-corrected chi connectivity index (χ2v) is 7.73. The van der Waals surface area contributed by atoms with Crippen LogP contribution in [0.2, 0.25) is 0 Å². The minimum Gasteiger partial charge on any atom is -0.466 e. The number of carbonyl (C=O) groups is 2. The van der Waals surface area contributed by atoms with E-state index in [0.717, 1.165) is 32.2 Å². The second kappa shape index (κ2) is 10.7. The summed E-state index contributed by atoms with van der Waals surface area (Å²) in [5.74, 6) is -1.37. The van der Waals surface area contributed by atoms with Gasteiger partial charge in [0.2, 0.25) is 0 Å². The van der Waals surface area contributed by atoms with Gasteiger partial charge in [-0.3, -0.25) is 4.79 Å². The molecular formula is C21H29F3N4O4. The van der Waals surface area contributed by atoms with E-state index >= 15 is 0 Å². The zero-order valence-corrected chi connectivity index (χ0v) is 18.6. The van der Waals surface area contributed by atoms with Crippen LogP contribution in [-0.2, 0) is 20.5 Å². The van der Waals surface area contributed by atoms with E-state index in [0.29, 0.717) is 12.2 Å². The van der Waals surface area contributed by atoms with E-state index in [1.165, 1.54) is 11.0 Å². The topological polar surface area (TPSA) is 85.4 Å². The summed E-state index contributed by atoms with van der Waals surface area (Å²) < 4.78 is 44.8. The molecule has 1 aromatic rings. The average Bonchev–Trinajstić information content (AvgIpc) is 3.02. The van der Waals surface area contributed by atoms with Gasteiger partial charge in [0.15, 0.2) is 0 Å². The van der Waals surface area contributed by atoms with E-state index in [1.54, 1.807) is 11.9 Å². The predicted molar refractivity (Wildman–Crippen MR) is 114 cm³/mol. The van der Waals surface area contributed by atoms with Gasteiger partial charge in [0.25, 0.3) is 5.91 Å². The van der Waals surface area contributed by atoms with Crippen LogP contribution in [-0.4, -0.2) is 87.8 Å². The fraction of sp³-hybridized carbons (Fsp3) is 0.524. The largest absolute Gasteiger partial charge is 0.466 e. The average molecular weight is 458 g/mol. The normalized spacial score (nSPS) is 14.4. The molecular weight excluding hydrogens is 429 g/mol. The van der Waals surface area contributed by atoms with Crippen molar-refractivity contribution in [1.82, 2.24) is 9.80 Å². The van der Waals surface area contributed by atoms with Crippen LogP contribution < -0.4 is 10.2 Å². The maximum absolute atomic E-state index is 13.4. The number of halogens is 3. The third-order valence-corrected chi connectivity index (χ3v) is 5.05. The van der Waals surface area contributed by atoms with Crippen LogP contribution in [0.15, 0.2) is 29.5 Å². The minimum atomic E-state index is -4.58. The highest BCUT2D eigenvalue weighted by Gasteiger charge is 2.36. The Bertz CT molecular complexity index is 871. The monoisotopic (exact) mass is 458 g/mol. The van der Waals surface area contributed by atoms with Crippen molar-refractivity contribution in [2.75, 3.05) is 71.3 Å². The van der Waals surface area contributed by atoms with Gasteiger partial charge in [0.05, 0.1) is 42.8 Å². The SMILES string of the molecule is COC(=O)C1=C(Nc2cc(C(F)(F)F)ccc2N(C)CCCN(C)C)C(=O)N(CCO)C1. The maximum Gasteiger partial charge on any atom is 0.416 e. The molecule has 1 aromatic carbocycles. The summed E-state index contributed by atoms with van der Waals surface area (Å²) in [7, 11) is 6.75. The molecule has 0 spiro atoms. The highest BCUT2D eigenvalue weighted by molar-refractivity contribution is 6.09. The van der Waals surface area contributed by atoms with Crippen molar-refractivity contribution in [2.45, 2.75) is 12.6 Å². The number of alkyl halides is 3. The van der Waals surface area contributed by atoms with Crippen LogP contribution in [0, 0.1) is 0 Å². The Morgan fingerprint density at radius 3 is 2.50 bits per heavy atom. The number of benzene rings is 1. The Morgan fingerprint density at radius 1 is 1.25 bits per heavy atom. The molecule has 32 heavy (non-hydrogen) atoms. The first-order chi connectivity index (χ1) is 15.0. The first kappa shape index (κ1) is 25.5. The Kier molecular flexibility index (Phi) is 8.51. The van der Waals surface area contributed by atoms with Crippen molar-refractivity contribution in [3.05, 3.63) is 35.0 Å². The highest BCUT2D eigenvalue weighted by Crippen LogP contribution is 2.36. The van der Waals surface area contributed by atoms with Crippen LogP contribution in [0.5, 0.6) is 0 Å². The number of nitrogens with zero attached hydrogens (tertiary/aromatic N) is 3. The molecule has 11 heteroatoms. The Balaban J connectivity index is 2.45. The fourth-order valence-corrected chi connectivity index (χ4v) is 3.37. The summed E-state index contributed by atoms with van der Waals surface area (Å²) in [6, 6.07) is 3.23. The van der Waals surface area contributed by atoms with Crippen LogP contribution in [0.4, 0.5) is 24.5 Å². The van der Waals surface area contributed by atoms with Crippen molar-refractivity contribution in [1.29, 1.82) is 0 Å². The van der Waals surface area contributed by atoms with Crippen molar-refractivity contribution in [3.63, 3.8) is 0 Å². The first-order valence-corrected chi connectivity index (χ1v) is 10.0. The second-order valence-electron chi connectivity index (χ2n) is 7.73. The summed E-state index contributed by atoms with van der Waals surface area (Å²) in [6.07, 6.45) is -3.82. The molecule has 0 aliphatic carbocycles. The zero-order valence-electron chi connectivity index (χ0n) is 18.6. The van der Waals surface area contributed by atoms with Crippen molar-refractivity contribution >= 4 is 23.3 Å². The van der Waals surface area contributed by atoms with E-state index in [-0.39, 0.29) is 36.7 Å². The lowest BCUT2D eigenvalue weighted by Crippen LogP contribution is -2.31. The molecule has 0 atom stereocenters. The number of esters is 1. The Hall–Kier alpha value is -2.79. The number of aliphatic hydroxyl groups excluding tert-OH is 1. The molecule has 2 N–H and O–H groups in total. The Labute approximate surface area is 185 Å². The van der Waals surface area contributed by atoms with Gasteiger partial charge in [-0.1, -0.05) is 0 Å². The first-order valence-electron chi connectivity index (χ1n) is 10.0. The van der Waals surface area contributed by atoms with Gasteiger partial charge < -0.3 is 29.9 Å². The van der Waals surface area contributed by atoms with Gasteiger partial charge in [-0.25, -0.2) is 4.79 Å². The van der Waals surface area contributed by atoms with E-state index in [2.05, 4.69) is 5.32 Å². The molecule has 1 amide bonds. The van der Waals surface area contributed by atoms with Gasteiger partial charge in [-0.15, -0.1) is 0 Å². The Morgan fingerprint density at radius 2 is 1.94 bits per heavy atom. The number of nitrogens with one attached hydrogen (secondary N) is 1. The molecule has 0 bridgehead atoms. The third-order valence-electron chi connectivity index (χ3n) is 5.05. The fourth-order valence-electron chi connectivity index (χ4n) is 3.37. The predicted octanol–water partition coefficient (Wildman–Crippen LogP) is 1.77. The maximum atomic E-state index is 13.4. The molecule has 0 aromatic heterocycles. The lowest BCUT2D eigenvalue weighted by molar-refractivity contribution is -0.138. The molecule has 1 heterocycles. The van der Waals surface area contributed by atoms with Gasteiger partial charge in [0, 0.05) is 20.1 Å². The number of β-amino-alcohol motifs (C(OH)–C–C–N with tert-alkyl or cyclic N) is 1. The molecule has 0 saturated heterocycles. The van der Waals surface area contributed by atoms with E-state index in [9.17, 15) is 27.9 Å². The lowest BCUT2D eigenvalue weighted by atomic mass is 10.1. The molecule has 2 rings (SSSR count). The van der Waals surface area contributed by atoms with Crippen LogP contribution in [0.1, 0.15) is 12.0 Å². The van der Waals surface area contributed by atoms with Crippen LogP contribution >= 0.6 is 0 Å². The smallest absolute Gasteiger partial charge is 0.416 e.